The fourth-order valence-electron chi connectivity index (χ4n) is 2.51. The molecule has 3 aromatic carbocycles. The number of carbonyl (C=O) groups excluding carboxylic acids is 1. The molecule has 0 saturated carbocycles. The van der Waals surface area contributed by atoms with Gasteiger partial charge in [-0.05, 0) is 11.5 Å². The summed E-state index contributed by atoms with van der Waals surface area (Å²) in [6.07, 6.45) is 0. The molecule has 0 radical (unpaired) electrons. The van der Waals surface area contributed by atoms with Gasteiger partial charge in [0, 0.05) is 11.1 Å². The predicted octanol–water partition coefficient (Wildman–Crippen LogP) is 4.66. The number of ether oxygens (including phenoxy) is 1. The molecule has 1 amide bonds. The minimum atomic E-state index is -1.83. The van der Waals surface area contributed by atoms with Crippen LogP contribution in [0, 0.1) is 23.3 Å². The smallest absolute Gasteiger partial charge is 0.261 e. The molecule has 0 aromatic heterocycles. The zero-order chi connectivity index (χ0) is 18.1. The van der Waals surface area contributed by atoms with Crippen LogP contribution >= 0.6 is 0 Å². The van der Waals surface area contributed by atoms with Gasteiger partial charge >= 0.3 is 0 Å². The summed E-state index contributed by atoms with van der Waals surface area (Å²) in [6, 6.07) is 11.9. The quantitative estimate of drug-likeness (QED) is 0.552. The second-order valence-electron chi connectivity index (χ2n) is 5.15. The van der Waals surface area contributed by atoms with Gasteiger partial charge in [-0.2, -0.15) is 8.78 Å². The van der Waals surface area contributed by atoms with Crippen molar-refractivity contribution >= 4 is 22.4 Å². The molecule has 0 aliphatic rings. The predicted molar refractivity (Wildman–Crippen MR) is 84.7 cm³/mol. The van der Waals surface area contributed by atoms with E-state index in [1.807, 2.05) is 0 Å². The highest BCUT2D eigenvalue weighted by Crippen LogP contribution is 2.31. The molecule has 0 bridgehead atoms. The summed E-state index contributed by atoms with van der Waals surface area (Å²) in [5, 5.41) is 3.66. The highest BCUT2D eigenvalue weighted by Gasteiger charge is 2.30. The molecule has 0 aliphatic carbocycles. The van der Waals surface area contributed by atoms with Crippen LogP contribution in [0.4, 0.5) is 23.2 Å². The number of carbonyl (C=O) groups is 1. The lowest BCUT2D eigenvalue weighted by atomic mass is 10.1. The van der Waals surface area contributed by atoms with Crippen LogP contribution in [0.2, 0.25) is 0 Å². The number of rotatable bonds is 3. The summed E-state index contributed by atoms with van der Waals surface area (Å²) in [7, 11) is 0.857. The molecule has 0 fully saturated rings. The lowest BCUT2D eigenvalue weighted by molar-refractivity contribution is 0.101. The van der Waals surface area contributed by atoms with Crippen molar-refractivity contribution < 1.29 is 27.1 Å². The Labute approximate surface area is 139 Å². The number of halogens is 4. The Hall–Kier alpha value is -3.09. The first-order valence-corrected chi connectivity index (χ1v) is 7.14. The third-order valence-corrected chi connectivity index (χ3v) is 3.69. The van der Waals surface area contributed by atoms with Crippen molar-refractivity contribution in [1.29, 1.82) is 0 Å². The number of amides is 1. The second-order valence-corrected chi connectivity index (χ2v) is 5.15. The summed E-state index contributed by atoms with van der Waals surface area (Å²) in [5.41, 5.74) is -1.11. The van der Waals surface area contributed by atoms with E-state index in [1.165, 1.54) is 6.07 Å². The number of fused-ring (bicyclic) bond motifs is 1. The first kappa shape index (κ1) is 16.8. The molecule has 3 rings (SSSR count). The molecule has 3 nitrogen and oxygen atoms in total. The Balaban J connectivity index is 2.08. The fourth-order valence-corrected chi connectivity index (χ4v) is 2.51. The van der Waals surface area contributed by atoms with Gasteiger partial charge in [0.2, 0.25) is 11.6 Å². The lowest BCUT2D eigenvalue weighted by Gasteiger charge is -2.12. The number of hydrogen-bond acceptors (Lipinski definition) is 2. The third kappa shape index (κ3) is 2.77. The lowest BCUT2D eigenvalue weighted by Crippen LogP contribution is -2.19. The van der Waals surface area contributed by atoms with E-state index in [-0.39, 0.29) is 5.69 Å². The van der Waals surface area contributed by atoms with Gasteiger partial charge in [0.1, 0.15) is 5.56 Å². The molecule has 0 unspecified atom stereocenters. The number of nitrogens with one attached hydrogen (secondary N) is 1. The second kappa shape index (κ2) is 6.43. The summed E-state index contributed by atoms with van der Waals surface area (Å²) in [5.74, 6) is -9.74. The van der Waals surface area contributed by atoms with Crippen molar-refractivity contribution in [1.82, 2.24) is 0 Å². The number of methoxy groups -OCH3 is 1. The van der Waals surface area contributed by atoms with Gasteiger partial charge < -0.3 is 10.1 Å². The normalized spacial score (nSPS) is 10.8. The molecule has 0 atom stereocenters. The molecule has 0 saturated heterocycles. The summed E-state index contributed by atoms with van der Waals surface area (Å²) in [4.78, 5) is 12.2. The van der Waals surface area contributed by atoms with Crippen LogP contribution in [0.1, 0.15) is 10.4 Å². The SMILES string of the molecule is COc1c(F)c(F)c(C(=O)Nc2cccc3ccccc23)c(F)c1F. The summed E-state index contributed by atoms with van der Waals surface area (Å²) >= 11 is 0. The van der Waals surface area contributed by atoms with Gasteiger partial charge in [0.05, 0.1) is 7.11 Å². The van der Waals surface area contributed by atoms with Crippen LogP contribution in [-0.4, -0.2) is 13.0 Å². The molecule has 3 aromatic rings. The summed E-state index contributed by atoms with van der Waals surface area (Å²) in [6.45, 7) is 0. The molecule has 0 heterocycles. The average Bonchev–Trinajstić information content (AvgIpc) is 2.61. The van der Waals surface area contributed by atoms with E-state index in [0.29, 0.717) is 5.39 Å². The molecule has 7 heteroatoms. The molecule has 128 valence electrons. The van der Waals surface area contributed by atoms with Gasteiger partial charge in [-0.25, -0.2) is 8.78 Å². The first-order valence-electron chi connectivity index (χ1n) is 7.14. The van der Waals surface area contributed by atoms with E-state index in [2.05, 4.69) is 10.1 Å². The molecular weight excluding hydrogens is 338 g/mol. The minimum absolute atomic E-state index is 0.249. The maximum atomic E-state index is 14.0. The zero-order valence-electron chi connectivity index (χ0n) is 12.9. The zero-order valence-corrected chi connectivity index (χ0v) is 12.9. The molecule has 0 aliphatic heterocycles. The van der Waals surface area contributed by atoms with Gasteiger partial charge in [-0.1, -0.05) is 36.4 Å². The van der Waals surface area contributed by atoms with E-state index >= 15 is 0 Å². The van der Waals surface area contributed by atoms with Crippen LogP contribution in [0.15, 0.2) is 42.5 Å². The third-order valence-electron chi connectivity index (χ3n) is 3.69. The van der Waals surface area contributed by atoms with Crippen LogP contribution in [0.5, 0.6) is 5.75 Å². The molecule has 0 spiro atoms. The van der Waals surface area contributed by atoms with Crippen LogP contribution in [0.25, 0.3) is 10.8 Å². The molecule has 25 heavy (non-hydrogen) atoms. The number of hydrogen-bond donors (Lipinski definition) is 1. The van der Waals surface area contributed by atoms with Crippen molar-refractivity contribution in [3.8, 4) is 5.75 Å². The van der Waals surface area contributed by atoms with Crippen molar-refractivity contribution in [2.24, 2.45) is 0 Å². The van der Waals surface area contributed by atoms with E-state index in [1.54, 1.807) is 36.4 Å². The van der Waals surface area contributed by atoms with Gasteiger partial charge in [0.25, 0.3) is 5.91 Å². The van der Waals surface area contributed by atoms with Gasteiger partial charge in [-0.3, -0.25) is 4.79 Å². The van der Waals surface area contributed by atoms with Crippen molar-refractivity contribution in [2.45, 2.75) is 0 Å². The Morgan fingerprint density at radius 1 is 0.880 bits per heavy atom. The van der Waals surface area contributed by atoms with Crippen molar-refractivity contribution in [3.63, 3.8) is 0 Å². The maximum Gasteiger partial charge on any atom is 0.261 e. The van der Waals surface area contributed by atoms with E-state index < -0.39 is 40.5 Å². The van der Waals surface area contributed by atoms with Gasteiger partial charge in [-0.15, -0.1) is 0 Å². The number of benzene rings is 3. The standard InChI is InChI=1S/C18H11F4NO2/c1-25-17-15(21)13(19)12(14(20)16(17)22)18(24)23-11-8-4-6-9-5-2-3-7-10(9)11/h2-8H,1H3,(H,23,24). The number of anilines is 1. The van der Waals surface area contributed by atoms with E-state index in [9.17, 15) is 22.4 Å². The highest BCUT2D eigenvalue weighted by atomic mass is 19.2. The average molecular weight is 349 g/mol. The molecular formula is C18H11F4NO2. The fraction of sp³-hybridized carbons (Fsp3) is 0.0556. The maximum absolute atomic E-state index is 14.0. The van der Waals surface area contributed by atoms with E-state index in [4.69, 9.17) is 0 Å². The Morgan fingerprint density at radius 2 is 1.48 bits per heavy atom. The Morgan fingerprint density at radius 3 is 2.12 bits per heavy atom. The van der Waals surface area contributed by atoms with Gasteiger partial charge in [0.15, 0.2) is 17.4 Å². The monoisotopic (exact) mass is 349 g/mol. The Bertz CT molecular complexity index is 954. The van der Waals surface area contributed by atoms with Crippen molar-refractivity contribution in [3.05, 3.63) is 71.3 Å². The van der Waals surface area contributed by atoms with Crippen LogP contribution in [-0.2, 0) is 0 Å². The van der Waals surface area contributed by atoms with Crippen LogP contribution < -0.4 is 10.1 Å². The Kier molecular flexibility index (Phi) is 4.31. The topological polar surface area (TPSA) is 38.3 Å². The molecule has 1 N–H and O–H groups in total. The largest absolute Gasteiger partial charge is 0.491 e. The minimum Gasteiger partial charge on any atom is -0.491 e. The highest BCUT2D eigenvalue weighted by molar-refractivity contribution is 6.09. The van der Waals surface area contributed by atoms with E-state index in [0.717, 1.165) is 12.5 Å². The summed E-state index contributed by atoms with van der Waals surface area (Å²) < 4.78 is 59.9. The van der Waals surface area contributed by atoms with Crippen molar-refractivity contribution in [2.75, 3.05) is 12.4 Å². The first-order chi connectivity index (χ1) is 12.0. The van der Waals surface area contributed by atoms with Crippen LogP contribution in [0.3, 0.4) is 0 Å².